The summed E-state index contributed by atoms with van der Waals surface area (Å²) in [6.45, 7) is 0.829. The van der Waals surface area contributed by atoms with Crippen molar-refractivity contribution in [2.45, 2.75) is 0 Å². The monoisotopic (exact) mass is 465 g/mol. The molecular weight excluding hydrogens is 451 g/mol. The van der Waals surface area contributed by atoms with Crippen LogP contribution in [0, 0.1) is 11.6 Å². The van der Waals surface area contributed by atoms with Gasteiger partial charge in [-0.25, -0.2) is 13.8 Å². The number of carbonyl (C=O) groups is 1. The lowest BCUT2D eigenvalue weighted by molar-refractivity contribution is 0.0985. The fourth-order valence-corrected chi connectivity index (χ4v) is 3.85. The van der Waals surface area contributed by atoms with Gasteiger partial charge < -0.3 is 4.90 Å². The average Bonchev–Trinajstić information content (AvgIpc) is 3.00. The van der Waals surface area contributed by atoms with E-state index < -0.39 is 17.5 Å². The van der Waals surface area contributed by atoms with Crippen molar-refractivity contribution >= 4 is 68.2 Å². The van der Waals surface area contributed by atoms with Crippen molar-refractivity contribution in [3.8, 4) is 0 Å². The molecule has 3 aromatic rings. The summed E-state index contributed by atoms with van der Waals surface area (Å²) in [6.07, 6.45) is 0. The second-order valence-electron chi connectivity index (χ2n) is 6.12. The molecule has 0 unspecified atom stereocenters. The quantitative estimate of drug-likeness (QED) is 0.497. The molecule has 0 bridgehead atoms. The molecule has 0 saturated heterocycles. The van der Waals surface area contributed by atoms with E-state index in [0.29, 0.717) is 22.8 Å². The summed E-state index contributed by atoms with van der Waals surface area (Å²) in [6, 6.07) is 6.56. The summed E-state index contributed by atoms with van der Waals surface area (Å²) < 4.78 is 27.9. The summed E-state index contributed by atoms with van der Waals surface area (Å²) in [5, 5.41) is 0.878. The van der Waals surface area contributed by atoms with Crippen LogP contribution in [0.4, 0.5) is 13.9 Å². The van der Waals surface area contributed by atoms with Crippen LogP contribution in [0.2, 0.25) is 10.0 Å². The lowest BCUT2D eigenvalue weighted by atomic mass is 10.2. The Bertz CT molecular complexity index is 1010. The van der Waals surface area contributed by atoms with Crippen LogP contribution in [0.3, 0.4) is 0 Å². The van der Waals surface area contributed by atoms with E-state index in [9.17, 15) is 13.6 Å². The number of halogens is 5. The first-order valence-electron chi connectivity index (χ1n) is 7.93. The summed E-state index contributed by atoms with van der Waals surface area (Å²) in [7, 11) is 3.73. The normalized spacial score (nSPS) is 11.0. The highest BCUT2D eigenvalue weighted by atomic mass is 35.5. The zero-order valence-corrected chi connectivity index (χ0v) is 18.0. The van der Waals surface area contributed by atoms with Gasteiger partial charge in [-0.2, -0.15) is 0 Å². The molecule has 0 aliphatic heterocycles. The van der Waals surface area contributed by atoms with Crippen molar-refractivity contribution in [2.24, 2.45) is 0 Å². The second-order valence-corrected chi connectivity index (χ2v) is 7.97. The Hall–Kier alpha value is -1.51. The van der Waals surface area contributed by atoms with E-state index in [4.69, 9.17) is 23.2 Å². The molecule has 0 aliphatic carbocycles. The lowest BCUT2D eigenvalue weighted by Crippen LogP contribution is -2.36. The van der Waals surface area contributed by atoms with Gasteiger partial charge in [-0.3, -0.25) is 9.69 Å². The second kappa shape index (κ2) is 9.33. The molecule has 0 N–H and O–H groups in total. The standard InChI is InChI=1S/C18H15Cl2F2N3OS.ClH/c1-24(2)5-6-25(17(26)12-7-10(19)3-4-13(12)20)18-23-16-14(22)8-11(21)9-15(16)27-18;/h3-4,7-9H,5-6H2,1-2H3;1H. The minimum absolute atomic E-state index is 0. The number of likely N-dealkylation sites (N-methyl/N-ethyl adjacent to an activating group) is 1. The van der Waals surface area contributed by atoms with Gasteiger partial charge in [-0.1, -0.05) is 34.5 Å². The fraction of sp³-hybridized carbons (Fsp3) is 0.222. The van der Waals surface area contributed by atoms with Crippen molar-refractivity contribution in [1.82, 2.24) is 9.88 Å². The Balaban J connectivity index is 0.00000280. The third-order valence-corrected chi connectivity index (χ3v) is 5.40. The number of hydrogen-bond acceptors (Lipinski definition) is 4. The Labute approximate surface area is 181 Å². The number of thiazole rings is 1. The average molecular weight is 467 g/mol. The summed E-state index contributed by atoms with van der Waals surface area (Å²) >= 11 is 13.2. The van der Waals surface area contributed by atoms with E-state index in [-0.39, 0.29) is 33.6 Å². The van der Waals surface area contributed by atoms with Crippen molar-refractivity contribution in [3.63, 3.8) is 0 Å². The smallest absolute Gasteiger partial charge is 0.261 e. The number of hydrogen-bond donors (Lipinski definition) is 0. The zero-order chi connectivity index (χ0) is 19.7. The highest BCUT2D eigenvalue weighted by Crippen LogP contribution is 2.33. The highest BCUT2D eigenvalue weighted by molar-refractivity contribution is 7.22. The minimum atomic E-state index is -0.770. The SMILES string of the molecule is CN(C)CCN(C(=O)c1cc(Cl)ccc1Cl)c1nc2c(F)cc(F)cc2s1.Cl. The molecule has 28 heavy (non-hydrogen) atoms. The molecule has 10 heteroatoms. The molecule has 0 saturated carbocycles. The molecule has 2 aromatic carbocycles. The molecule has 150 valence electrons. The Kier molecular flexibility index (Phi) is 7.59. The van der Waals surface area contributed by atoms with Crippen molar-refractivity contribution in [2.75, 3.05) is 32.1 Å². The molecule has 1 amide bonds. The largest absolute Gasteiger partial charge is 0.308 e. The van der Waals surface area contributed by atoms with E-state index in [0.717, 1.165) is 17.4 Å². The van der Waals surface area contributed by atoms with E-state index in [1.165, 1.54) is 23.1 Å². The van der Waals surface area contributed by atoms with Gasteiger partial charge in [0.2, 0.25) is 0 Å². The molecule has 0 atom stereocenters. The molecule has 0 fully saturated rings. The Morgan fingerprint density at radius 1 is 1.14 bits per heavy atom. The number of amides is 1. The molecule has 4 nitrogen and oxygen atoms in total. The number of fused-ring (bicyclic) bond motifs is 1. The summed E-state index contributed by atoms with van der Waals surface area (Å²) in [4.78, 5) is 20.6. The van der Waals surface area contributed by atoms with Crippen LogP contribution in [0.1, 0.15) is 10.4 Å². The first kappa shape index (κ1) is 22.8. The summed E-state index contributed by atoms with van der Waals surface area (Å²) in [5.74, 6) is -1.88. The third-order valence-electron chi connectivity index (χ3n) is 3.81. The zero-order valence-electron chi connectivity index (χ0n) is 14.9. The maximum Gasteiger partial charge on any atom is 0.261 e. The van der Waals surface area contributed by atoms with E-state index >= 15 is 0 Å². The minimum Gasteiger partial charge on any atom is -0.308 e. The first-order valence-corrected chi connectivity index (χ1v) is 9.50. The Morgan fingerprint density at radius 2 is 1.86 bits per heavy atom. The van der Waals surface area contributed by atoms with Crippen molar-refractivity contribution < 1.29 is 13.6 Å². The van der Waals surface area contributed by atoms with Crippen LogP contribution >= 0.6 is 46.9 Å². The molecule has 0 radical (unpaired) electrons. The number of nitrogens with zero attached hydrogens (tertiary/aromatic N) is 3. The van der Waals surface area contributed by atoms with Crippen LogP contribution in [-0.4, -0.2) is 43.0 Å². The van der Waals surface area contributed by atoms with Crippen molar-refractivity contribution in [3.05, 3.63) is 57.6 Å². The molecule has 1 heterocycles. The maximum absolute atomic E-state index is 14.0. The van der Waals surface area contributed by atoms with Gasteiger partial charge in [0, 0.05) is 24.2 Å². The summed E-state index contributed by atoms with van der Waals surface area (Å²) in [5.41, 5.74) is 0.241. The number of aromatic nitrogens is 1. The predicted octanol–water partition coefficient (Wildman–Crippen LogP) is 5.51. The van der Waals surface area contributed by atoms with Crippen molar-refractivity contribution in [1.29, 1.82) is 0 Å². The predicted molar refractivity (Wildman–Crippen MR) is 113 cm³/mol. The third kappa shape index (κ3) is 4.90. The molecule has 0 spiro atoms. The van der Waals surface area contributed by atoms with Gasteiger partial charge in [0.05, 0.1) is 15.3 Å². The van der Waals surface area contributed by atoms with Crippen LogP contribution in [0.5, 0.6) is 0 Å². The topological polar surface area (TPSA) is 36.4 Å². The fourth-order valence-electron chi connectivity index (χ4n) is 2.45. The number of carbonyl (C=O) groups excluding carboxylic acids is 1. The van der Waals surface area contributed by atoms with Gasteiger partial charge in [0.1, 0.15) is 11.3 Å². The molecule has 3 rings (SSSR count). The Morgan fingerprint density at radius 3 is 2.54 bits per heavy atom. The van der Waals surface area contributed by atoms with Gasteiger partial charge in [-0.15, -0.1) is 12.4 Å². The maximum atomic E-state index is 14.0. The van der Waals surface area contributed by atoms with E-state index in [2.05, 4.69) is 4.98 Å². The van der Waals surface area contributed by atoms with Crippen LogP contribution < -0.4 is 4.90 Å². The van der Waals surface area contributed by atoms with Crippen LogP contribution in [0.15, 0.2) is 30.3 Å². The molecule has 1 aromatic heterocycles. The number of benzene rings is 2. The molecule has 0 aliphatic rings. The molecular formula is C18H16Cl3F2N3OS. The lowest BCUT2D eigenvalue weighted by Gasteiger charge is -2.22. The highest BCUT2D eigenvalue weighted by Gasteiger charge is 2.24. The number of anilines is 1. The van der Waals surface area contributed by atoms with E-state index in [1.54, 1.807) is 6.07 Å². The van der Waals surface area contributed by atoms with Gasteiger partial charge in [-0.05, 0) is 38.4 Å². The van der Waals surface area contributed by atoms with Crippen LogP contribution in [0.25, 0.3) is 10.2 Å². The van der Waals surface area contributed by atoms with Gasteiger partial charge in [0.25, 0.3) is 5.91 Å². The van der Waals surface area contributed by atoms with Crippen LogP contribution in [-0.2, 0) is 0 Å². The van der Waals surface area contributed by atoms with Gasteiger partial charge in [0.15, 0.2) is 10.9 Å². The number of rotatable bonds is 5. The van der Waals surface area contributed by atoms with Gasteiger partial charge >= 0.3 is 0 Å². The van der Waals surface area contributed by atoms with E-state index in [1.807, 2.05) is 19.0 Å². The first-order chi connectivity index (χ1) is 12.8.